The van der Waals surface area contributed by atoms with Gasteiger partial charge in [-0.2, -0.15) is 0 Å². The molecule has 0 unspecified atom stereocenters. The van der Waals surface area contributed by atoms with E-state index in [-0.39, 0.29) is 19.3 Å². The molecule has 82 valence electrons. The fourth-order valence-electron chi connectivity index (χ4n) is 0.869. The van der Waals surface area contributed by atoms with Crippen LogP contribution in [0.3, 0.4) is 0 Å². The summed E-state index contributed by atoms with van der Waals surface area (Å²) in [6, 6.07) is 0. The number of methoxy groups -OCH3 is 1. The summed E-state index contributed by atoms with van der Waals surface area (Å²) in [5, 5.41) is 0. The number of hydrogen-bond acceptors (Lipinski definition) is 3. The van der Waals surface area contributed by atoms with E-state index in [9.17, 15) is 13.6 Å². The Hall–Kier alpha value is -0.310. The maximum Gasteiger partial charge on any atom is 0.357 e. The van der Waals surface area contributed by atoms with E-state index in [1.54, 1.807) is 22.6 Å². The van der Waals surface area contributed by atoms with Gasteiger partial charge in [-0.1, -0.05) is 0 Å². The Balaban J connectivity index is 3.27. The van der Waals surface area contributed by atoms with Crippen LogP contribution in [0.2, 0.25) is 0 Å². The number of rotatable bonds is 2. The quantitative estimate of drug-likeness (QED) is 0.574. The van der Waals surface area contributed by atoms with Crippen molar-refractivity contribution in [3.8, 4) is 0 Å². The van der Waals surface area contributed by atoms with Gasteiger partial charge in [0.2, 0.25) is 0 Å². The van der Waals surface area contributed by atoms with Gasteiger partial charge in [-0.25, -0.2) is 18.6 Å². The molecule has 0 saturated carbocycles. The van der Waals surface area contributed by atoms with Gasteiger partial charge in [0.1, 0.15) is 0 Å². The van der Waals surface area contributed by atoms with Crippen LogP contribution in [0.1, 0.15) is 22.5 Å². The lowest BCUT2D eigenvalue weighted by atomic mass is 10.2. The molecule has 0 aliphatic rings. The molecule has 1 aromatic rings. The number of pyridine rings is 1. The molecule has 3 nitrogen and oxygen atoms in total. The standard InChI is InChI=1S/C8H5BrF2INO2/c1-15-8(14)6-4(9)5(12)3(2-13-6)7(10)11/h2,7H,1H3. The van der Waals surface area contributed by atoms with Crippen molar-refractivity contribution in [1.29, 1.82) is 0 Å². The predicted octanol–water partition coefficient (Wildman–Crippen LogP) is 3.17. The fourth-order valence-corrected chi connectivity index (χ4v) is 1.99. The molecule has 0 aromatic carbocycles. The molecule has 1 aromatic heterocycles. The zero-order valence-corrected chi connectivity index (χ0v) is 11.2. The molecule has 0 saturated heterocycles. The van der Waals surface area contributed by atoms with Crippen LogP contribution in [0.5, 0.6) is 0 Å². The third-order valence-electron chi connectivity index (χ3n) is 1.60. The lowest BCUT2D eigenvalue weighted by Crippen LogP contribution is -2.08. The van der Waals surface area contributed by atoms with Gasteiger partial charge < -0.3 is 4.74 Å². The Labute approximate surface area is 106 Å². The molecule has 0 aliphatic carbocycles. The Kier molecular flexibility index (Phi) is 4.38. The number of carbonyl (C=O) groups excluding carboxylic acids is 1. The van der Waals surface area contributed by atoms with E-state index in [0.717, 1.165) is 6.20 Å². The Morgan fingerprint density at radius 3 is 2.73 bits per heavy atom. The van der Waals surface area contributed by atoms with Gasteiger partial charge in [0.25, 0.3) is 6.43 Å². The fraction of sp³-hybridized carbons (Fsp3) is 0.250. The molecule has 0 amide bonds. The van der Waals surface area contributed by atoms with E-state index in [1.165, 1.54) is 7.11 Å². The highest BCUT2D eigenvalue weighted by atomic mass is 127. The van der Waals surface area contributed by atoms with E-state index >= 15 is 0 Å². The summed E-state index contributed by atoms with van der Waals surface area (Å²) in [6.45, 7) is 0. The number of aromatic nitrogens is 1. The first-order valence-electron chi connectivity index (χ1n) is 3.69. The summed E-state index contributed by atoms with van der Waals surface area (Å²) in [7, 11) is 1.20. The number of carbonyl (C=O) groups is 1. The lowest BCUT2D eigenvalue weighted by Gasteiger charge is -2.07. The summed E-state index contributed by atoms with van der Waals surface area (Å²) in [5.74, 6) is -0.666. The number of halogens is 4. The highest BCUT2D eigenvalue weighted by Gasteiger charge is 2.20. The van der Waals surface area contributed by atoms with Crippen LogP contribution >= 0.6 is 38.5 Å². The minimum atomic E-state index is -2.62. The van der Waals surface area contributed by atoms with Crippen molar-refractivity contribution in [2.75, 3.05) is 7.11 Å². The van der Waals surface area contributed by atoms with Crippen LogP contribution in [0.4, 0.5) is 8.78 Å². The average molecular weight is 392 g/mol. The van der Waals surface area contributed by atoms with Crippen molar-refractivity contribution < 1.29 is 18.3 Å². The number of hydrogen-bond donors (Lipinski definition) is 0. The van der Waals surface area contributed by atoms with Gasteiger partial charge in [0.05, 0.1) is 17.1 Å². The maximum absolute atomic E-state index is 12.4. The highest BCUT2D eigenvalue weighted by Crippen LogP contribution is 2.31. The predicted molar refractivity (Wildman–Crippen MR) is 61.0 cm³/mol. The topological polar surface area (TPSA) is 39.2 Å². The van der Waals surface area contributed by atoms with Crippen molar-refractivity contribution in [1.82, 2.24) is 4.98 Å². The van der Waals surface area contributed by atoms with Gasteiger partial charge >= 0.3 is 5.97 Å². The molecule has 0 aliphatic heterocycles. The molecule has 1 heterocycles. The lowest BCUT2D eigenvalue weighted by molar-refractivity contribution is 0.0592. The van der Waals surface area contributed by atoms with E-state index in [2.05, 4.69) is 25.7 Å². The average Bonchev–Trinajstić information content (AvgIpc) is 2.20. The molecule has 0 radical (unpaired) electrons. The van der Waals surface area contributed by atoms with Gasteiger partial charge in [-0.15, -0.1) is 0 Å². The molecule has 7 heteroatoms. The summed E-state index contributed by atoms with van der Waals surface area (Å²) in [5.41, 5.74) is -0.221. The van der Waals surface area contributed by atoms with Crippen LogP contribution in [-0.2, 0) is 4.74 Å². The van der Waals surface area contributed by atoms with Crippen LogP contribution in [0.25, 0.3) is 0 Å². The van der Waals surface area contributed by atoms with E-state index in [1.807, 2.05) is 0 Å². The summed E-state index contributed by atoms with van der Waals surface area (Å²) >= 11 is 4.76. The Morgan fingerprint density at radius 1 is 1.67 bits per heavy atom. The van der Waals surface area contributed by atoms with E-state index in [0.29, 0.717) is 0 Å². The minimum absolute atomic E-state index is 0.00806. The number of nitrogens with zero attached hydrogens (tertiary/aromatic N) is 1. The van der Waals surface area contributed by atoms with E-state index in [4.69, 9.17) is 0 Å². The summed E-state index contributed by atoms with van der Waals surface area (Å²) < 4.78 is 29.8. The maximum atomic E-state index is 12.4. The van der Waals surface area contributed by atoms with Gasteiger partial charge in [0.15, 0.2) is 5.69 Å². The van der Waals surface area contributed by atoms with Crippen LogP contribution in [0.15, 0.2) is 10.7 Å². The first kappa shape index (κ1) is 12.8. The second-order valence-corrected chi connectivity index (χ2v) is 4.35. The molecule has 0 atom stereocenters. The zero-order valence-electron chi connectivity index (χ0n) is 7.43. The number of esters is 1. The minimum Gasteiger partial charge on any atom is -0.464 e. The van der Waals surface area contributed by atoms with Crippen molar-refractivity contribution in [3.63, 3.8) is 0 Å². The molecule has 0 N–H and O–H groups in total. The Bertz CT molecular complexity index is 400. The van der Waals surface area contributed by atoms with Crippen molar-refractivity contribution >= 4 is 44.5 Å². The molecule has 15 heavy (non-hydrogen) atoms. The van der Waals surface area contributed by atoms with Crippen molar-refractivity contribution in [2.45, 2.75) is 6.43 Å². The molecule has 0 spiro atoms. The third-order valence-corrected chi connectivity index (χ3v) is 4.28. The SMILES string of the molecule is COC(=O)c1ncc(C(F)F)c(I)c1Br. The molecular formula is C8H5BrF2INO2. The smallest absolute Gasteiger partial charge is 0.357 e. The number of ether oxygens (including phenoxy) is 1. The molecule has 1 rings (SSSR count). The summed E-state index contributed by atoms with van der Waals surface area (Å²) in [6.07, 6.45) is -1.64. The van der Waals surface area contributed by atoms with Crippen molar-refractivity contribution in [3.05, 3.63) is 25.5 Å². The molecule has 0 bridgehead atoms. The zero-order chi connectivity index (χ0) is 11.6. The second-order valence-electron chi connectivity index (χ2n) is 2.48. The van der Waals surface area contributed by atoms with Crippen molar-refractivity contribution in [2.24, 2.45) is 0 Å². The Morgan fingerprint density at radius 2 is 2.27 bits per heavy atom. The molecule has 0 fully saturated rings. The van der Waals surface area contributed by atoms with Crippen LogP contribution < -0.4 is 0 Å². The number of alkyl halides is 2. The third kappa shape index (κ3) is 2.63. The van der Waals surface area contributed by atoms with E-state index < -0.39 is 12.4 Å². The van der Waals surface area contributed by atoms with Gasteiger partial charge in [-0.05, 0) is 38.5 Å². The van der Waals surface area contributed by atoms with Gasteiger partial charge in [-0.3, -0.25) is 0 Å². The monoisotopic (exact) mass is 391 g/mol. The van der Waals surface area contributed by atoms with Crippen LogP contribution in [0, 0.1) is 3.57 Å². The highest BCUT2D eigenvalue weighted by molar-refractivity contribution is 14.1. The first-order chi connectivity index (χ1) is 6.99. The largest absolute Gasteiger partial charge is 0.464 e. The second kappa shape index (κ2) is 5.15. The first-order valence-corrected chi connectivity index (χ1v) is 5.56. The normalized spacial score (nSPS) is 10.5. The summed E-state index contributed by atoms with van der Waals surface area (Å²) in [4.78, 5) is 14.8. The van der Waals surface area contributed by atoms with Gasteiger partial charge in [0, 0.05) is 9.77 Å². The van der Waals surface area contributed by atoms with Crippen LogP contribution in [-0.4, -0.2) is 18.1 Å². The molecular weight excluding hydrogens is 387 g/mol.